The Balaban J connectivity index is 1.60. The molecule has 2 atom stereocenters. The summed E-state index contributed by atoms with van der Waals surface area (Å²) in [5.41, 5.74) is 1.86. The molecule has 2 aromatic carbocycles. The minimum absolute atomic E-state index is 0.0857. The maximum absolute atomic E-state index is 13.1. The van der Waals surface area contributed by atoms with Gasteiger partial charge in [0.05, 0.1) is 23.6 Å². The predicted octanol–water partition coefficient (Wildman–Crippen LogP) is 3.75. The minimum Gasteiger partial charge on any atom is -0.315 e. The normalized spacial score (nSPS) is 23.8. The Kier molecular flexibility index (Phi) is 4.71. The lowest BCUT2D eigenvalue weighted by atomic mass is 10.1. The second kappa shape index (κ2) is 6.87. The van der Waals surface area contributed by atoms with Crippen LogP contribution in [0.4, 0.5) is 10.1 Å². The largest absolute Gasteiger partial charge is 0.315 e. The summed E-state index contributed by atoms with van der Waals surface area (Å²) in [6.07, 6.45) is 0. The number of sulfone groups is 1. The number of hydrogen-bond acceptors (Lipinski definition) is 5. The van der Waals surface area contributed by atoms with Crippen molar-refractivity contribution in [1.29, 1.82) is 0 Å². The van der Waals surface area contributed by atoms with E-state index in [1.165, 1.54) is 23.9 Å². The zero-order valence-corrected chi connectivity index (χ0v) is 16.1. The molecule has 0 aromatic heterocycles. The molecule has 4 rings (SSSR count). The van der Waals surface area contributed by atoms with Crippen LogP contribution in [-0.2, 0) is 15.6 Å². The van der Waals surface area contributed by atoms with Crippen LogP contribution in [0, 0.1) is 5.82 Å². The summed E-state index contributed by atoms with van der Waals surface area (Å²) in [5, 5.41) is 1.42. The van der Waals surface area contributed by atoms with Crippen LogP contribution in [0.25, 0.3) is 0 Å². The predicted molar refractivity (Wildman–Crippen MR) is 105 cm³/mol. The molecular formula is C18H16ClFN2O2S2. The average molecular weight is 411 g/mol. The van der Waals surface area contributed by atoms with E-state index in [2.05, 4.69) is 4.99 Å². The van der Waals surface area contributed by atoms with Gasteiger partial charge in [0.15, 0.2) is 15.0 Å². The van der Waals surface area contributed by atoms with Gasteiger partial charge in [0.25, 0.3) is 0 Å². The molecule has 1 fully saturated rings. The summed E-state index contributed by atoms with van der Waals surface area (Å²) in [5.74, 6) is 0.557. The molecule has 0 unspecified atom stereocenters. The lowest BCUT2D eigenvalue weighted by Gasteiger charge is -2.26. The number of aliphatic imine (C=N–C) groups is 1. The van der Waals surface area contributed by atoms with E-state index in [1.807, 2.05) is 17.0 Å². The number of amidine groups is 1. The zero-order valence-electron chi connectivity index (χ0n) is 13.7. The summed E-state index contributed by atoms with van der Waals surface area (Å²) >= 11 is 7.52. The van der Waals surface area contributed by atoms with Gasteiger partial charge in [0, 0.05) is 16.5 Å². The second-order valence-corrected chi connectivity index (χ2v) is 9.92. The van der Waals surface area contributed by atoms with Crippen molar-refractivity contribution in [2.75, 3.05) is 16.4 Å². The van der Waals surface area contributed by atoms with Crippen LogP contribution < -0.4 is 4.90 Å². The Morgan fingerprint density at radius 1 is 1.12 bits per heavy atom. The molecule has 2 aliphatic rings. The Labute approximate surface area is 161 Å². The molecule has 8 heteroatoms. The van der Waals surface area contributed by atoms with Crippen molar-refractivity contribution >= 4 is 44.1 Å². The first kappa shape index (κ1) is 17.8. The Bertz CT molecular complexity index is 946. The maximum Gasteiger partial charge on any atom is 0.164 e. The van der Waals surface area contributed by atoms with E-state index >= 15 is 0 Å². The summed E-state index contributed by atoms with van der Waals surface area (Å²) in [4.78, 5) is 6.68. The molecule has 0 aliphatic carbocycles. The zero-order chi connectivity index (χ0) is 18.3. The SMILES string of the molecule is O=S1(=O)C[C@@H]2N=C(SCc3ccc(F)cc3)N(c3ccc(Cl)cc3)[C@@H]2C1. The van der Waals surface area contributed by atoms with Gasteiger partial charge in [-0.3, -0.25) is 4.99 Å². The molecule has 2 aromatic rings. The summed E-state index contributed by atoms with van der Waals surface area (Å²) in [7, 11) is -3.08. The van der Waals surface area contributed by atoms with E-state index < -0.39 is 9.84 Å². The van der Waals surface area contributed by atoms with Crippen LogP contribution in [0.1, 0.15) is 5.56 Å². The van der Waals surface area contributed by atoms with Gasteiger partial charge in [-0.25, -0.2) is 12.8 Å². The number of benzene rings is 2. The molecule has 2 heterocycles. The van der Waals surface area contributed by atoms with E-state index in [-0.39, 0.29) is 29.4 Å². The molecule has 136 valence electrons. The van der Waals surface area contributed by atoms with Gasteiger partial charge in [-0.05, 0) is 42.0 Å². The fourth-order valence-electron chi connectivity index (χ4n) is 3.27. The van der Waals surface area contributed by atoms with Crippen molar-refractivity contribution < 1.29 is 12.8 Å². The first-order valence-electron chi connectivity index (χ1n) is 8.11. The molecule has 0 bridgehead atoms. The van der Waals surface area contributed by atoms with Crippen molar-refractivity contribution in [3.8, 4) is 0 Å². The maximum atomic E-state index is 13.1. The van der Waals surface area contributed by atoms with E-state index in [0.717, 1.165) is 16.4 Å². The molecule has 1 saturated heterocycles. The highest BCUT2D eigenvalue weighted by Gasteiger charge is 2.47. The third kappa shape index (κ3) is 3.61. The molecule has 0 radical (unpaired) electrons. The summed E-state index contributed by atoms with van der Waals surface area (Å²) < 4.78 is 37.1. The number of halogens is 2. The second-order valence-electron chi connectivity index (χ2n) is 6.38. The van der Waals surface area contributed by atoms with E-state index in [1.54, 1.807) is 24.3 Å². The van der Waals surface area contributed by atoms with Crippen LogP contribution >= 0.6 is 23.4 Å². The van der Waals surface area contributed by atoms with Gasteiger partial charge in [0.1, 0.15) is 5.82 Å². The van der Waals surface area contributed by atoms with E-state index in [9.17, 15) is 12.8 Å². The first-order valence-corrected chi connectivity index (χ1v) is 11.3. The lowest BCUT2D eigenvalue weighted by Crippen LogP contribution is -2.39. The fourth-order valence-corrected chi connectivity index (χ4v) is 6.31. The molecule has 0 spiro atoms. The van der Waals surface area contributed by atoms with Crippen molar-refractivity contribution in [1.82, 2.24) is 0 Å². The smallest absolute Gasteiger partial charge is 0.164 e. The van der Waals surface area contributed by atoms with Crippen LogP contribution in [-0.4, -0.2) is 37.2 Å². The molecule has 0 N–H and O–H groups in total. The average Bonchev–Trinajstić information content (AvgIpc) is 3.06. The number of anilines is 1. The quantitative estimate of drug-likeness (QED) is 0.773. The van der Waals surface area contributed by atoms with Crippen molar-refractivity contribution in [3.63, 3.8) is 0 Å². The monoisotopic (exact) mass is 410 g/mol. The summed E-state index contributed by atoms with van der Waals surface area (Å²) in [6, 6.07) is 13.3. The number of thioether (sulfide) groups is 1. The Hall–Kier alpha value is -1.57. The highest BCUT2D eigenvalue weighted by molar-refractivity contribution is 8.13. The molecule has 26 heavy (non-hydrogen) atoms. The van der Waals surface area contributed by atoms with Crippen LogP contribution in [0.2, 0.25) is 5.02 Å². The van der Waals surface area contributed by atoms with Gasteiger partial charge in [-0.2, -0.15) is 0 Å². The first-order chi connectivity index (χ1) is 12.4. The Morgan fingerprint density at radius 2 is 1.81 bits per heavy atom. The van der Waals surface area contributed by atoms with Gasteiger partial charge >= 0.3 is 0 Å². The molecule has 0 amide bonds. The van der Waals surface area contributed by atoms with Gasteiger partial charge in [0.2, 0.25) is 0 Å². The van der Waals surface area contributed by atoms with Crippen molar-refractivity contribution in [2.45, 2.75) is 17.8 Å². The molecule has 2 aliphatic heterocycles. The topological polar surface area (TPSA) is 49.7 Å². The lowest BCUT2D eigenvalue weighted by molar-refractivity contribution is 0.601. The minimum atomic E-state index is -3.08. The summed E-state index contributed by atoms with van der Waals surface area (Å²) in [6.45, 7) is 0. The third-order valence-electron chi connectivity index (χ3n) is 4.49. The highest BCUT2D eigenvalue weighted by atomic mass is 35.5. The van der Waals surface area contributed by atoms with Gasteiger partial charge in [-0.15, -0.1) is 0 Å². The standard InChI is InChI=1S/C18H16ClFN2O2S2/c19-13-3-7-15(8-4-13)22-17-11-26(23,24)10-16(17)21-18(22)25-9-12-1-5-14(20)6-2-12/h1-8,16-17H,9-11H2/t16-,17+/m0/s1. The van der Waals surface area contributed by atoms with Crippen LogP contribution in [0.3, 0.4) is 0 Å². The Morgan fingerprint density at radius 3 is 2.50 bits per heavy atom. The molecular weight excluding hydrogens is 395 g/mol. The van der Waals surface area contributed by atoms with Crippen LogP contribution in [0.15, 0.2) is 53.5 Å². The molecule has 4 nitrogen and oxygen atoms in total. The number of rotatable bonds is 3. The van der Waals surface area contributed by atoms with Crippen molar-refractivity contribution in [2.24, 2.45) is 4.99 Å². The van der Waals surface area contributed by atoms with Crippen LogP contribution in [0.5, 0.6) is 0 Å². The van der Waals surface area contributed by atoms with Crippen molar-refractivity contribution in [3.05, 3.63) is 64.9 Å². The number of nitrogens with zero attached hydrogens (tertiary/aromatic N) is 2. The van der Waals surface area contributed by atoms with Gasteiger partial charge in [-0.1, -0.05) is 35.5 Å². The van der Waals surface area contributed by atoms with E-state index in [4.69, 9.17) is 11.6 Å². The third-order valence-corrected chi connectivity index (χ3v) is 7.48. The fraction of sp³-hybridized carbons (Fsp3) is 0.278. The van der Waals surface area contributed by atoms with Gasteiger partial charge < -0.3 is 4.90 Å². The van der Waals surface area contributed by atoms with E-state index in [0.29, 0.717) is 10.8 Å². The highest BCUT2D eigenvalue weighted by Crippen LogP contribution is 2.36. The number of hydrogen-bond donors (Lipinski definition) is 0. The number of fused-ring (bicyclic) bond motifs is 1. The molecule has 0 saturated carbocycles.